The Morgan fingerprint density at radius 1 is 0.450 bits per heavy atom. The molecular formula is C36H28O4. The van der Waals surface area contributed by atoms with Gasteiger partial charge >= 0.3 is 11.9 Å². The second kappa shape index (κ2) is 10.1. The summed E-state index contributed by atoms with van der Waals surface area (Å²) in [6, 6.07) is 36.1. The zero-order valence-electron chi connectivity index (χ0n) is 22.0. The lowest BCUT2D eigenvalue weighted by Gasteiger charge is -2.30. The molecule has 196 valence electrons. The summed E-state index contributed by atoms with van der Waals surface area (Å²) in [5.41, 5.74) is 1.00. The summed E-state index contributed by atoms with van der Waals surface area (Å²) in [5.74, 6) is -0.777. The molecule has 6 aromatic carbocycles. The molecule has 4 heteroatoms. The van der Waals surface area contributed by atoms with E-state index in [9.17, 15) is 9.59 Å². The number of hydrogen-bond acceptors (Lipinski definition) is 4. The van der Waals surface area contributed by atoms with Gasteiger partial charge in [-0.05, 0) is 117 Å². The van der Waals surface area contributed by atoms with Gasteiger partial charge < -0.3 is 9.47 Å². The third kappa shape index (κ3) is 4.66. The Morgan fingerprint density at radius 3 is 1.20 bits per heavy atom. The maximum absolute atomic E-state index is 13.2. The van der Waals surface area contributed by atoms with Gasteiger partial charge in [0.1, 0.15) is 12.2 Å². The number of carbonyl (C=O) groups excluding carboxylic acids is 2. The van der Waals surface area contributed by atoms with E-state index >= 15 is 0 Å². The number of benzene rings is 6. The molecule has 1 aliphatic rings. The Hall–Kier alpha value is -4.70. The van der Waals surface area contributed by atoms with E-state index in [1.54, 1.807) is 0 Å². The van der Waals surface area contributed by atoms with E-state index in [1.807, 2.05) is 60.7 Å². The fraction of sp³-hybridized carbons (Fsp3) is 0.167. The molecule has 1 fully saturated rings. The van der Waals surface area contributed by atoms with Gasteiger partial charge in [-0.2, -0.15) is 0 Å². The monoisotopic (exact) mass is 524 g/mol. The van der Waals surface area contributed by atoms with Crippen LogP contribution in [0.1, 0.15) is 46.4 Å². The summed E-state index contributed by atoms with van der Waals surface area (Å²) in [5, 5.41) is 8.70. The van der Waals surface area contributed by atoms with Crippen molar-refractivity contribution in [2.75, 3.05) is 0 Å². The molecule has 0 bridgehead atoms. The lowest BCUT2D eigenvalue weighted by molar-refractivity contribution is -0.0514. The highest BCUT2D eigenvalue weighted by Gasteiger charge is 2.32. The highest BCUT2D eigenvalue weighted by atomic mass is 16.6. The summed E-state index contributed by atoms with van der Waals surface area (Å²) < 4.78 is 11.9. The standard InChI is InChI=1S/C36H28O4/c37-35(29-15-13-27-17-23-7-1-3-9-25(23)19-31(27)21-29)39-33-11-5-6-12-34(33)40-36(38)30-16-14-28-18-24-8-2-4-10-26(24)20-32(28)22-30/h1-4,7-10,13-22,33-34H,5-6,11-12H2/t33-,34-/m0/s1. The number of ether oxygens (including phenoxy) is 2. The molecule has 0 N–H and O–H groups in total. The summed E-state index contributed by atoms with van der Waals surface area (Å²) in [4.78, 5) is 26.4. The van der Waals surface area contributed by atoms with Gasteiger partial charge in [-0.25, -0.2) is 9.59 Å². The molecule has 0 aliphatic heterocycles. The van der Waals surface area contributed by atoms with Gasteiger partial charge in [-0.3, -0.25) is 0 Å². The second-order valence-corrected chi connectivity index (χ2v) is 10.7. The first-order chi connectivity index (χ1) is 19.6. The third-order valence-electron chi connectivity index (χ3n) is 8.04. The summed E-state index contributed by atoms with van der Waals surface area (Å²) in [6.07, 6.45) is 2.26. The average Bonchev–Trinajstić information content (AvgIpc) is 2.99. The lowest BCUT2D eigenvalue weighted by atomic mass is 9.94. The number of fused-ring (bicyclic) bond motifs is 4. The zero-order chi connectivity index (χ0) is 27.1. The number of carbonyl (C=O) groups is 2. The van der Waals surface area contributed by atoms with Crippen LogP contribution in [0.3, 0.4) is 0 Å². The molecule has 7 rings (SSSR count). The smallest absolute Gasteiger partial charge is 0.338 e. The normalized spacial score (nSPS) is 17.3. The van der Waals surface area contributed by atoms with Gasteiger partial charge in [0.25, 0.3) is 0 Å². The number of rotatable bonds is 4. The molecule has 0 unspecified atom stereocenters. The average molecular weight is 525 g/mol. The predicted octanol–water partition coefficient (Wildman–Crippen LogP) is 8.62. The minimum Gasteiger partial charge on any atom is -0.455 e. The first-order valence-electron chi connectivity index (χ1n) is 13.9. The van der Waals surface area contributed by atoms with Crippen LogP contribution in [-0.2, 0) is 9.47 Å². The van der Waals surface area contributed by atoms with Crippen molar-refractivity contribution < 1.29 is 19.1 Å². The van der Waals surface area contributed by atoms with E-state index in [2.05, 4.69) is 48.5 Å². The van der Waals surface area contributed by atoms with Gasteiger partial charge in [-0.1, -0.05) is 60.7 Å². The molecule has 2 atom stereocenters. The Kier molecular flexibility index (Phi) is 6.16. The fourth-order valence-electron chi connectivity index (χ4n) is 5.88. The van der Waals surface area contributed by atoms with E-state index < -0.39 is 12.2 Å². The minimum atomic E-state index is -0.470. The van der Waals surface area contributed by atoms with Crippen LogP contribution in [0.25, 0.3) is 43.1 Å². The van der Waals surface area contributed by atoms with E-state index in [0.717, 1.165) is 55.9 Å². The van der Waals surface area contributed by atoms with Crippen molar-refractivity contribution >= 4 is 55.0 Å². The van der Waals surface area contributed by atoms with Crippen LogP contribution in [0, 0.1) is 0 Å². The topological polar surface area (TPSA) is 52.6 Å². The Labute approximate surface area is 232 Å². The molecular weight excluding hydrogens is 496 g/mol. The van der Waals surface area contributed by atoms with E-state index in [-0.39, 0.29) is 11.9 Å². The van der Waals surface area contributed by atoms with Crippen molar-refractivity contribution in [3.8, 4) is 0 Å². The van der Waals surface area contributed by atoms with Gasteiger partial charge in [0.2, 0.25) is 0 Å². The van der Waals surface area contributed by atoms with Gasteiger partial charge in [0.05, 0.1) is 11.1 Å². The van der Waals surface area contributed by atoms with E-state index in [0.29, 0.717) is 24.0 Å². The van der Waals surface area contributed by atoms with Crippen molar-refractivity contribution in [1.29, 1.82) is 0 Å². The molecule has 1 saturated carbocycles. The van der Waals surface area contributed by atoms with Gasteiger partial charge in [-0.15, -0.1) is 0 Å². The highest BCUT2D eigenvalue weighted by molar-refractivity contribution is 6.03. The predicted molar refractivity (Wildman–Crippen MR) is 160 cm³/mol. The molecule has 40 heavy (non-hydrogen) atoms. The molecule has 0 amide bonds. The SMILES string of the molecule is O=C(O[C@H]1CCCC[C@@H]1OC(=O)c1ccc2cc3ccccc3cc2c1)c1ccc2cc3ccccc3cc2c1. The molecule has 0 saturated heterocycles. The minimum absolute atomic E-state index is 0.388. The second-order valence-electron chi connectivity index (χ2n) is 10.7. The highest BCUT2D eigenvalue weighted by Crippen LogP contribution is 2.29. The van der Waals surface area contributed by atoms with Crippen LogP contribution in [0.4, 0.5) is 0 Å². The maximum atomic E-state index is 13.2. The summed E-state index contributed by atoms with van der Waals surface area (Å²) in [6.45, 7) is 0. The lowest BCUT2D eigenvalue weighted by Crippen LogP contribution is -2.37. The van der Waals surface area contributed by atoms with Crippen molar-refractivity contribution in [3.63, 3.8) is 0 Å². The van der Waals surface area contributed by atoms with Crippen LogP contribution in [0.2, 0.25) is 0 Å². The molecule has 0 spiro atoms. The summed E-state index contributed by atoms with van der Waals surface area (Å²) in [7, 11) is 0. The van der Waals surface area contributed by atoms with Crippen LogP contribution in [-0.4, -0.2) is 24.1 Å². The largest absolute Gasteiger partial charge is 0.455 e. The van der Waals surface area contributed by atoms with Crippen LogP contribution in [0.15, 0.2) is 109 Å². The van der Waals surface area contributed by atoms with E-state index in [4.69, 9.17) is 9.47 Å². The van der Waals surface area contributed by atoms with Gasteiger partial charge in [0.15, 0.2) is 0 Å². The fourth-order valence-corrected chi connectivity index (χ4v) is 5.88. The van der Waals surface area contributed by atoms with Crippen LogP contribution < -0.4 is 0 Å². The van der Waals surface area contributed by atoms with Crippen molar-refractivity contribution in [1.82, 2.24) is 0 Å². The molecule has 1 aliphatic carbocycles. The van der Waals surface area contributed by atoms with Crippen molar-refractivity contribution in [2.24, 2.45) is 0 Å². The Morgan fingerprint density at radius 2 is 0.800 bits per heavy atom. The zero-order valence-corrected chi connectivity index (χ0v) is 22.0. The Bertz CT molecular complexity index is 1780. The molecule has 4 nitrogen and oxygen atoms in total. The molecule has 6 aromatic rings. The van der Waals surface area contributed by atoms with E-state index in [1.165, 1.54) is 0 Å². The van der Waals surface area contributed by atoms with Gasteiger partial charge in [0, 0.05) is 0 Å². The van der Waals surface area contributed by atoms with Crippen LogP contribution in [0.5, 0.6) is 0 Å². The third-order valence-corrected chi connectivity index (χ3v) is 8.04. The molecule has 0 radical (unpaired) electrons. The number of hydrogen-bond donors (Lipinski definition) is 0. The number of esters is 2. The maximum Gasteiger partial charge on any atom is 0.338 e. The molecule has 0 heterocycles. The molecule has 0 aromatic heterocycles. The van der Waals surface area contributed by atoms with Crippen LogP contribution >= 0.6 is 0 Å². The first-order valence-corrected chi connectivity index (χ1v) is 13.9. The quantitative estimate of drug-likeness (QED) is 0.171. The van der Waals surface area contributed by atoms with Crippen molar-refractivity contribution in [2.45, 2.75) is 37.9 Å². The Balaban J connectivity index is 1.09. The summed E-state index contributed by atoms with van der Waals surface area (Å²) >= 11 is 0. The van der Waals surface area contributed by atoms with Crippen molar-refractivity contribution in [3.05, 3.63) is 120 Å². The first kappa shape index (κ1) is 24.3.